The molecule has 0 radical (unpaired) electrons. The van der Waals surface area contributed by atoms with Crippen molar-refractivity contribution < 1.29 is 9.53 Å². The van der Waals surface area contributed by atoms with Gasteiger partial charge in [0.1, 0.15) is 0 Å². The largest absolute Gasteiger partial charge is 0.449 e. The Bertz CT molecular complexity index is 1120. The van der Waals surface area contributed by atoms with Gasteiger partial charge in [-0.2, -0.15) is 5.10 Å². The van der Waals surface area contributed by atoms with Crippen LogP contribution in [0.15, 0.2) is 65.5 Å². The van der Waals surface area contributed by atoms with Crippen LogP contribution in [0.2, 0.25) is 5.02 Å². The maximum atomic E-state index is 12.3. The number of carbonyl (C=O) groups is 1. The van der Waals surface area contributed by atoms with Crippen LogP contribution in [-0.4, -0.2) is 48.0 Å². The van der Waals surface area contributed by atoms with E-state index >= 15 is 0 Å². The topological polar surface area (TPSA) is 88.5 Å². The summed E-state index contributed by atoms with van der Waals surface area (Å²) >= 11 is 5.92. The molecule has 1 amide bonds. The lowest BCUT2D eigenvalue weighted by Gasteiger charge is -2.11. The van der Waals surface area contributed by atoms with Crippen molar-refractivity contribution in [3.63, 3.8) is 0 Å². The summed E-state index contributed by atoms with van der Waals surface area (Å²) in [6.07, 6.45) is 1.27. The van der Waals surface area contributed by atoms with Gasteiger partial charge in [-0.1, -0.05) is 23.7 Å². The summed E-state index contributed by atoms with van der Waals surface area (Å²) in [5, 5.41) is 10.9. The van der Waals surface area contributed by atoms with Gasteiger partial charge in [0, 0.05) is 22.5 Å². The smallest absolute Gasteiger partial charge is 0.411 e. The van der Waals surface area contributed by atoms with Crippen molar-refractivity contribution in [1.82, 2.24) is 14.7 Å². The minimum absolute atomic E-state index is 0.229. The van der Waals surface area contributed by atoms with Crippen molar-refractivity contribution in [2.75, 3.05) is 37.9 Å². The molecule has 0 aliphatic carbocycles. The van der Waals surface area contributed by atoms with E-state index in [9.17, 15) is 9.59 Å². The van der Waals surface area contributed by atoms with Gasteiger partial charge in [0.2, 0.25) is 0 Å². The molecule has 2 aromatic carbocycles. The average molecular weight is 470 g/mol. The summed E-state index contributed by atoms with van der Waals surface area (Å²) in [7, 11) is 4.02. The van der Waals surface area contributed by atoms with Crippen LogP contribution in [0, 0.1) is 0 Å². The zero-order valence-electron chi connectivity index (χ0n) is 18.8. The number of rotatable bonds is 10. The van der Waals surface area contributed by atoms with Gasteiger partial charge in [0.25, 0.3) is 5.56 Å². The number of ether oxygens (including phenoxy) is 1. The number of nitrogens with zero attached hydrogens (tertiary/aromatic N) is 3. The van der Waals surface area contributed by atoms with Gasteiger partial charge in [0.15, 0.2) is 5.82 Å². The summed E-state index contributed by atoms with van der Waals surface area (Å²) < 4.78 is 6.59. The number of halogens is 1. The Morgan fingerprint density at radius 3 is 2.61 bits per heavy atom. The van der Waals surface area contributed by atoms with Gasteiger partial charge in [-0.3, -0.25) is 10.1 Å². The molecular formula is C24H28ClN5O3. The van der Waals surface area contributed by atoms with E-state index < -0.39 is 6.09 Å². The zero-order valence-corrected chi connectivity index (χ0v) is 19.5. The maximum Gasteiger partial charge on any atom is 0.411 e. The molecule has 0 saturated carbocycles. The normalized spacial score (nSPS) is 10.8. The Morgan fingerprint density at radius 1 is 1.06 bits per heavy atom. The van der Waals surface area contributed by atoms with Gasteiger partial charge in [0.05, 0.1) is 13.2 Å². The number of benzene rings is 2. The number of aromatic nitrogens is 2. The van der Waals surface area contributed by atoms with Gasteiger partial charge in [-0.05, 0) is 81.5 Å². The van der Waals surface area contributed by atoms with Crippen molar-refractivity contribution >= 4 is 34.9 Å². The lowest BCUT2D eigenvalue weighted by Crippen LogP contribution is -2.23. The van der Waals surface area contributed by atoms with E-state index in [1.54, 1.807) is 30.3 Å². The molecule has 1 aromatic heterocycles. The first kappa shape index (κ1) is 24.3. The number of unbranched alkanes of at least 4 members (excludes halogenated alkanes) is 1. The Morgan fingerprint density at radius 2 is 1.85 bits per heavy atom. The molecule has 8 nitrogen and oxygen atoms in total. The minimum Gasteiger partial charge on any atom is -0.449 e. The van der Waals surface area contributed by atoms with Gasteiger partial charge in [-0.25, -0.2) is 9.48 Å². The number of hydrogen-bond donors (Lipinski definition) is 2. The summed E-state index contributed by atoms with van der Waals surface area (Å²) in [5.41, 5.74) is 1.99. The van der Waals surface area contributed by atoms with Crippen molar-refractivity contribution in [2.24, 2.45) is 0 Å². The second-order valence-corrected chi connectivity index (χ2v) is 8.25. The third-order valence-electron chi connectivity index (χ3n) is 4.72. The van der Waals surface area contributed by atoms with Crippen LogP contribution in [0.1, 0.15) is 18.4 Å². The van der Waals surface area contributed by atoms with Crippen LogP contribution >= 0.6 is 11.6 Å². The number of anilines is 3. The fourth-order valence-corrected chi connectivity index (χ4v) is 3.21. The highest BCUT2D eigenvalue weighted by molar-refractivity contribution is 6.30. The third kappa shape index (κ3) is 8.25. The summed E-state index contributed by atoms with van der Waals surface area (Å²) in [6, 6.07) is 17.5. The average Bonchev–Trinajstić information content (AvgIpc) is 2.77. The first-order valence-electron chi connectivity index (χ1n) is 10.7. The number of carbonyl (C=O) groups excluding carboxylic acids is 1. The highest BCUT2D eigenvalue weighted by Gasteiger charge is 2.07. The molecule has 0 aliphatic rings. The van der Waals surface area contributed by atoms with Crippen molar-refractivity contribution in [1.29, 1.82) is 0 Å². The van der Waals surface area contributed by atoms with E-state index in [-0.39, 0.29) is 12.1 Å². The Balaban J connectivity index is 1.58. The highest BCUT2D eigenvalue weighted by atomic mass is 35.5. The molecule has 33 heavy (non-hydrogen) atoms. The molecule has 2 N–H and O–H groups in total. The molecule has 0 spiro atoms. The van der Waals surface area contributed by atoms with Crippen LogP contribution in [0.4, 0.5) is 22.0 Å². The second-order valence-electron chi connectivity index (χ2n) is 7.82. The third-order valence-corrected chi connectivity index (χ3v) is 4.97. The predicted octanol–water partition coefficient (Wildman–Crippen LogP) is 4.58. The minimum atomic E-state index is -0.499. The van der Waals surface area contributed by atoms with E-state index in [0.29, 0.717) is 23.1 Å². The van der Waals surface area contributed by atoms with Crippen LogP contribution in [0.25, 0.3) is 0 Å². The second kappa shape index (κ2) is 12.0. The molecule has 0 fully saturated rings. The lowest BCUT2D eigenvalue weighted by atomic mass is 10.2. The lowest BCUT2D eigenvalue weighted by molar-refractivity contribution is 0.158. The van der Waals surface area contributed by atoms with E-state index in [0.717, 1.165) is 30.6 Å². The molecule has 1 heterocycles. The first-order chi connectivity index (χ1) is 15.9. The van der Waals surface area contributed by atoms with Crippen molar-refractivity contribution in [2.45, 2.75) is 19.4 Å². The molecule has 0 bridgehead atoms. The monoisotopic (exact) mass is 469 g/mol. The van der Waals surface area contributed by atoms with E-state index in [1.807, 2.05) is 38.4 Å². The first-order valence-corrected chi connectivity index (χ1v) is 11.0. The van der Waals surface area contributed by atoms with Crippen LogP contribution < -0.4 is 16.2 Å². The quantitative estimate of drug-likeness (QED) is 0.422. The molecule has 9 heteroatoms. The fraction of sp³-hybridized carbons (Fsp3) is 0.292. The predicted molar refractivity (Wildman–Crippen MR) is 132 cm³/mol. The van der Waals surface area contributed by atoms with E-state index in [2.05, 4.69) is 20.6 Å². The molecule has 3 aromatic rings. The highest BCUT2D eigenvalue weighted by Crippen LogP contribution is 2.17. The van der Waals surface area contributed by atoms with E-state index in [1.165, 1.54) is 10.7 Å². The fourth-order valence-electron chi connectivity index (χ4n) is 3.08. The van der Waals surface area contributed by atoms with Crippen LogP contribution in [0.5, 0.6) is 0 Å². The molecule has 3 rings (SSSR count). The molecular weight excluding hydrogens is 442 g/mol. The standard InChI is InChI=1S/C24H28ClN5O3/c1-29(2)14-3-4-15-33-24(32)27-21-7-5-6-18(16-21)17-30-23(31)13-12-22(28-30)26-20-10-8-19(25)9-11-20/h5-13,16H,3-4,14-15,17H2,1-2H3,(H,26,28)(H,27,32). The maximum absolute atomic E-state index is 12.3. The molecule has 0 unspecified atom stereocenters. The Hall–Kier alpha value is -3.36. The van der Waals surface area contributed by atoms with Crippen LogP contribution in [0.3, 0.4) is 0 Å². The number of amides is 1. The van der Waals surface area contributed by atoms with Crippen molar-refractivity contribution in [3.8, 4) is 0 Å². The molecule has 0 aliphatic heterocycles. The molecule has 174 valence electrons. The summed E-state index contributed by atoms with van der Waals surface area (Å²) in [6.45, 7) is 1.58. The van der Waals surface area contributed by atoms with Crippen LogP contribution in [-0.2, 0) is 11.3 Å². The van der Waals surface area contributed by atoms with Gasteiger partial charge in [-0.15, -0.1) is 0 Å². The zero-order chi connectivity index (χ0) is 23.6. The molecule has 0 atom stereocenters. The Kier molecular flexibility index (Phi) is 8.86. The van der Waals surface area contributed by atoms with Crippen molar-refractivity contribution in [3.05, 3.63) is 81.6 Å². The Labute approximate surface area is 198 Å². The summed E-state index contributed by atoms with van der Waals surface area (Å²) in [4.78, 5) is 26.4. The number of nitrogens with one attached hydrogen (secondary N) is 2. The summed E-state index contributed by atoms with van der Waals surface area (Å²) in [5.74, 6) is 0.532. The molecule has 0 saturated heterocycles. The van der Waals surface area contributed by atoms with Gasteiger partial charge < -0.3 is 15.0 Å². The van der Waals surface area contributed by atoms with Gasteiger partial charge >= 0.3 is 6.09 Å². The number of hydrogen-bond acceptors (Lipinski definition) is 6. The SMILES string of the molecule is CN(C)CCCCOC(=O)Nc1cccc(Cn2nc(Nc3ccc(Cl)cc3)ccc2=O)c1. The van der Waals surface area contributed by atoms with E-state index in [4.69, 9.17) is 16.3 Å².